The predicted molar refractivity (Wildman–Crippen MR) is 128 cm³/mol. The van der Waals surface area contributed by atoms with Crippen LogP contribution >= 0.6 is 31.9 Å². The summed E-state index contributed by atoms with van der Waals surface area (Å²) >= 11 is 7.00. The van der Waals surface area contributed by atoms with Gasteiger partial charge in [-0.15, -0.1) is 0 Å². The van der Waals surface area contributed by atoms with E-state index < -0.39 is 0 Å². The van der Waals surface area contributed by atoms with E-state index in [1.807, 2.05) is 77.2 Å². The molecule has 0 unspecified atom stereocenters. The standard InChI is InChI=1S/C24H14Br2N4/c25-16-9-5-14(6-10-16)21-22(15-7-11-17(26)12-8-15)30-23(28)20(13-27)18-3-1-2-4-19(18)24(30)29-21/h1-12H,28H2. The van der Waals surface area contributed by atoms with Crippen molar-refractivity contribution in [2.45, 2.75) is 0 Å². The van der Waals surface area contributed by atoms with Crippen LogP contribution in [0.15, 0.2) is 81.7 Å². The van der Waals surface area contributed by atoms with Crippen molar-refractivity contribution in [3.8, 4) is 28.6 Å². The Morgan fingerprint density at radius 2 is 1.37 bits per heavy atom. The van der Waals surface area contributed by atoms with Gasteiger partial charge in [-0.2, -0.15) is 5.26 Å². The van der Waals surface area contributed by atoms with Crippen LogP contribution in [0, 0.1) is 11.3 Å². The van der Waals surface area contributed by atoms with Gasteiger partial charge in [0, 0.05) is 30.8 Å². The van der Waals surface area contributed by atoms with Gasteiger partial charge in [-0.1, -0.05) is 80.4 Å². The molecule has 2 aromatic heterocycles. The SMILES string of the molecule is N#Cc1c(N)n2c(-c3ccc(Br)cc3)c(-c3ccc(Br)cc3)nc2c2ccccc12. The Morgan fingerprint density at radius 3 is 1.97 bits per heavy atom. The molecular formula is C24H14Br2N4. The van der Waals surface area contributed by atoms with Gasteiger partial charge in [0.2, 0.25) is 0 Å². The maximum atomic E-state index is 9.85. The lowest BCUT2D eigenvalue weighted by Crippen LogP contribution is -2.03. The molecule has 0 radical (unpaired) electrons. The van der Waals surface area contributed by atoms with Gasteiger partial charge < -0.3 is 5.73 Å². The summed E-state index contributed by atoms with van der Waals surface area (Å²) in [7, 11) is 0. The second-order valence-electron chi connectivity index (χ2n) is 6.90. The fraction of sp³-hybridized carbons (Fsp3) is 0. The summed E-state index contributed by atoms with van der Waals surface area (Å²) in [5, 5.41) is 11.6. The first-order chi connectivity index (χ1) is 14.6. The summed E-state index contributed by atoms with van der Waals surface area (Å²) in [6.45, 7) is 0. The highest BCUT2D eigenvalue weighted by molar-refractivity contribution is 9.10. The molecule has 6 heteroatoms. The molecule has 0 atom stereocenters. The number of aromatic nitrogens is 2. The first-order valence-electron chi connectivity index (χ1n) is 9.23. The minimum Gasteiger partial charge on any atom is -0.384 e. The van der Waals surface area contributed by atoms with Crippen molar-refractivity contribution in [3.05, 3.63) is 87.3 Å². The number of fused-ring (bicyclic) bond motifs is 3. The third-order valence-corrected chi connectivity index (χ3v) is 6.22. The number of benzene rings is 3. The number of nitrogens with two attached hydrogens (primary N) is 1. The molecule has 0 saturated carbocycles. The lowest BCUT2D eigenvalue weighted by Gasteiger charge is -2.11. The number of hydrogen-bond acceptors (Lipinski definition) is 3. The molecule has 5 aromatic rings. The summed E-state index contributed by atoms with van der Waals surface area (Å²) in [5.41, 5.74) is 11.4. The van der Waals surface area contributed by atoms with Crippen molar-refractivity contribution in [1.29, 1.82) is 5.26 Å². The van der Waals surface area contributed by atoms with Crippen molar-refractivity contribution in [2.75, 3.05) is 5.73 Å². The van der Waals surface area contributed by atoms with E-state index in [9.17, 15) is 5.26 Å². The van der Waals surface area contributed by atoms with E-state index in [0.29, 0.717) is 11.4 Å². The van der Waals surface area contributed by atoms with Crippen LogP contribution in [0.3, 0.4) is 0 Å². The van der Waals surface area contributed by atoms with Crippen molar-refractivity contribution in [2.24, 2.45) is 0 Å². The van der Waals surface area contributed by atoms with Gasteiger partial charge >= 0.3 is 0 Å². The second kappa shape index (κ2) is 7.28. The van der Waals surface area contributed by atoms with E-state index in [2.05, 4.69) is 37.9 Å². The minimum absolute atomic E-state index is 0.389. The monoisotopic (exact) mass is 516 g/mol. The van der Waals surface area contributed by atoms with Gasteiger partial charge in [-0.05, 0) is 24.3 Å². The fourth-order valence-corrected chi connectivity index (χ4v) is 4.31. The molecule has 0 amide bonds. The van der Waals surface area contributed by atoms with E-state index in [0.717, 1.165) is 47.9 Å². The maximum absolute atomic E-state index is 9.85. The van der Waals surface area contributed by atoms with E-state index in [1.54, 1.807) is 0 Å². The number of nitriles is 1. The van der Waals surface area contributed by atoms with Gasteiger partial charge in [-0.25, -0.2) is 4.98 Å². The fourth-order valence-electron chi connectivity index (χ4n) is 3.78. The highest BCUT2D eigenvalue weighted by atomic mass is 79.9. The number of pyridine rings is 1. The largest absolute Gasteiger partial charge is 0.384 e. The molecule has 0 bridgehead atoms. The molecular weight excluding hydrogens is 504 g/mol. The Labute approximate surface area is 189 Å². The lowest BCUT2D eigenvalue weighted by atomic mass is 10.0. The number of hydrogen-bond donors (Lipinski definition) is 1. The van der Waals surface area contributed by atoms with Crippen LogP contribution in [-0.2, 0) is 0 Å². The topological polar surface area (TPSA) is 67.1 Å². The van der Waals surface area contributed by atoms with Crippen LogP contribution in [0.5, 0.6) is 0 Å². The molecule has 0 saturated heterocycles. The van der Waals surface area contributed by atoms with Crippen LogP contribution in [0.25, 0.3) is 38.9 Å². The van der Waals surface area contributed by atoms with Gasteiger partial charge in [0.15, 0.2) is 0 Å². The van der Waals surface area contributed by atoms with Gasteiger partial charge in [0.25, 0.3) is 0 Å². The molecule has 144 valence electrons. The Hall–Kier alpha value is -3.14. The summed E-state index contributed by atoms with van der Waals surface area (Å²) in [5.74, 6) is 0.389. The van der Waals surface area contributed by atoms with E-state index >= 15 is 0 Å². The predicted octanol–water partition coefficient (Wildman–Crippen LogP) is 6.80. The first-order valence-corrected chi connectivity index (χ1v) is 10.8. The average molecular weight is 518 g/mol. The molecule has 2 heterocycles. The number of anilines is 1. The quantitative estimate of drug-likeness (QED) is 0.280. The van der Waals surface area contributed by atoms with E-state index in [-0.39, 0.29) is 0 Å². The number of rotatable bonds is 2. The molecule has 0 spiro atoms. The Morgan fingerprint density at radius 1 is 0.800 bits per heavy atom. The normalized spacial score (nSPS) is 11.1. The molecule has 0 fully saturated rings. The molecule has 0 aliphatic carbocycles. The number of imidazole rings is 1. The molecule has 0 aliphatic rings. The second-order valence-corrected chi connectivity index (χ2v) is 8.73. The number of nitrogen functional groups attached to an aromatic ring is 1. The zero-order chi connectivity index (χ0) is 20.8. The minimum atomic E-state index is 0.389. The zero-order valence-electron chi connectivity index (χ0n) is 15.6. The van der Waals surface area contributed by atoms with Crippen molar-refractivity contribution >= 4 is 54.1 Å². The summed E-state index contributed by atoms with van der Waals surface area (Å²) in [6, 6.07) is 26.1. The Kier molecular flexibility index (Phi) is 4.58. The zero-order valence-corrected chi connectivity index (χ0v) is 18.8. The third-order valence-electron chi connectivity index (χ3n) is 5.16. The lowest BCUT2D eigenvalue weighted by molar-refractivity contribution is 1.21. The van der Waals surface area contributed by atoms with Crippen LogP contribution in [0.1, 0.15) is 5.56 Å². The van der Waals surface area contributed by atoms with Gasteiger partial charge in [-0.3, -0.25) is 4.40 Å². The smallest absolute Gasteiger partial charge is 0.147 e. The molecule has 5 rings (SSSR count). The third kappa shape index (κ3) is 2.90. The number of halogens is 2. The van der Waals surface area contributed by atoms with Crippen molar-refractivity contribution < 1.29 is 0 Å². The van der Waals surface area contributed by atoms with Gasteiger partial charge in [0.05, 0.1) is 11.4 Å². The van der Waals surface area contributed by atoms with Crippen LogP contribution in [-0.4, -0.2) is 9.38 Å². The number of nitrogens with zero attached hydrogens (tertiary/aromatic N) is 3. The Bertz CT molecular complexity index is 1460. The highest BCUT2D eigenvalue weighted by Crippen LogP contribution is 2.39. The summed E-state index contributed by atoms with van der Waals surface area (Å²) in [6.07, 6.45) is 0. The summed E-state index contributed by atoms with van der Waals surface area (Å²) in [4.78, 5) is 5.02. The maximum Gasteiger partial charge on any atom is 0.147 e. The van der Waals surface area contributed by atoms with Gasteiger partial charge in [0.1, 0.15) is 23.1 Å². The molecule has 0 aliphatic heterocycles. The molecule has 2 N–H and O–H groups in total. The molecule has 3 aromatic carbocycles. The van der Waals surface area contributed by atoms with E-state index in [4.69, 9.17) is 10.7 Å². The average Bonchev–Trinajstić information content (AvgIpc) is 3.16. The van der Waals surface area contributed by atoms with Crippen molar-refractivity contribution in [3.63, 3.8) is 0 Å². The van der Waals surface area contributed by atoms with E-state index in [1.165, 1.54) is 0 Å². The van der Waals surface area contributed by atoms with Crippen LogP contribution < -0.4 is 5.73 Å². The highest BCUT2D eigenvalue weighted by Gasteiger charge is 2.22. The molecule has 30 heavy (non-hydrogen) atoms. The molecule has 4 nitrogen and oxygen atoms in total. The van der Waals surface area contributed by atoms with Crippen LogP contribution in [0.4, 0.5) is 5.82 Å². The van der Waals surface area contributed by atoms with Crippen molar-refractivity contribution in [1.82, 2.24) is 9.38 Å². The van der Waals surface area contributed by atoms with Crippen LogP contribution in [0.2, 0.25) is 0 Å². The summed E-state index contributed by atoms with van der Waals surface area (Å²) < 4.78 is 3.89. The Balaban J connectivity index is 1.99. The first kappa shape index (κ1) is 18.9.